The number of hydrogen-bond donors (Lipinski definition) is 2. The number of rotatable bonds is 5. The number of nitrogens with one attached hydrogen (secondary N) is 1. The third-order valence-corrected chi connectivity index (χ3v) is 4.23. The Morgan fingerprint density at radius 2 is 2.09 bits per heavy atom. The van der Waals surface area contributed by atoms with Gasteiger partial charge in [0.25, 0.3) is 0 Å². The lowest BCUT2D eigenvalue weighted by atomic mass is 9.99. The van der Waals surface area contributed by atoms with E-state index in [9.17, 15) is 5.11 Å². The van der Waals surface area contributed by atoms with E-state index < -0.39 is 0 Å². The summed E-state index contributed by atoms with van der Waals surface area (Å²) in [6.07, 6.45) is 1.79. The number of aliphatic hydroxyl groups excluding tert-OH is 1. The molecule has 0 aliphatic rings. The van der Waals surface area contributed by atoms with E-state index in [1.54, 1.807) is 6.21 Å². The van der Waals surface area contributed by atoms with E-state index >= 15 is 0 Å². The Balaban J connectivity index is 1.85. The number of hydrazone groups is 1. The molecule has 4 nitrogen and oxygen atoms in total. The van der Waals surface area contributed by atoms with Crippen molar-refractivity contribution in [3.63, 3.8) is 0 Å². The zero-order chi connectivity index (χ0) is 16.1. The Morgan fingerprint density at radius 1 is 1.22 bits per heavy atom. The SMILES string of the molecule is Cc1csc(NN=Cc2ccccc2-c2cccc(CO)c2)n1. The molecule has 0 aliphatic heterocycles. The smallest absolute Gasteiger partial charge is 0.203 e. The van der Waals surface area contributed by atoms with Crippen molar-refractivity contribution in [1.82, 2.24) is 4.98 Å². The summed E-state index contributed by atoms with van der Waals surface area (Å²) in [5.41, 5.74) is 7.96. The second kappa shape index (κ2) is 7.17. The molecule has 1 heterocycles. The van der Waals surface area contributed by atoms with Gasteiger partial charge in [0.05, 0.1) is 18.5 Å². The summed E-state index contributed by atoms with van der Waals surface area (Å²) < 4.78 is 0. The Kier molecular flexibility index (Phi) is 4.80. The fourth-order valence-electron chi connectivity index (χ4n) is 2.27. The minimum absolute atomic E-state index is 0.0368. The second-order valence-corrected chi connectivity index (χ2v) is 5.97. The van der Waals surface area contributed by atoms with Crippen molar-refractivity contribution >= 4 is 22.7 Å². The van der Waals surface area contributed by atoms with Crippen molar-refractivity contribution in [2.24, 2.45) is 5.10 Å². The number of benzene rings is 2. The van der Waals surface area contributed by atoms with Crippen molar-refractivity contribution in [3.8, 4) is 11.1 Å². The summed E-state index contributed by atoms with van der Waals surface area (Å²) in [4.78, 5) is 4.31. The van der Waals surface area contributed by atoms with Gasteiger partial charge in [-0.3, -0.25) is 5.43 Å². The largest absolute Gasteiger partial charge is 0.392 e. The number of aromatic nitrogens is 1. The molecule has 0 saturated carbocycles. The molecule has 0 radical (unpaired) electrons. The topological polar surface area (TPSA) is 57.5 Å². The zero-order valence-corrected chi connectivity index (χ0v) is 13.5. The molecule has 5 heteroatoms. The standard InChI is InChI=1S/C18H17N3OS/c1-13-12-23-18(20-13)21-19-10-16-6-2-3-8-17(16)15-7-4-5-14(9-15)11-22/h2-10,12,22H,11H2,1H3,(H,20,21). The maximum Gasteiger partial charge on any atom is 0.203 e. The quantitative estimate of drug-likeness (QED) is 0.550. The molecular formula is C18H17N3OS. The highest BCUT2D eigenvalue weighted by Gasteiger charge is 2.04. The van der Waals surface area contributed by atoms with E-state index in [2.05, 4.69) is 15.5 Å². The van der Waals surface area contributed by atoms with Gasteiger partial charge in [-0.2, -0.15) is 5.10 Å². The Labute approximate surface area is 139 Å². The van der Waals surface area contributed by atoms with Crippen molar-refractivity contribution in [2.45, 2.75) is 13.5 Å². The lowest BCUT2D eigenvalue weighted by molar-refractivity contribution is 0.282. The molecule has 0 bridgehead atoms. The summed E-state index contributed by atoms with van der Waals surface area (Å²) in [5, 5.41) is 16.3. The van der Waals surface area contributed by atoms with Crippen molar-refractivity contribution in [1.29, 1.82) is 0 Å². The molecule has 116 valence electrons. The number of thiazole rings is 1. The number of hydrogen-bond acceptors (Lipinski definition) is 5. The van der Waals surface area contributed by atoms with Crippen LogP contribution in [0.4, 0.5) is 5.13 Å². The van der Waals surface area contributed by atoms with Crippen LogP contribution in [-0.2, 0) is 6.61 Å². The highest BCUT2D eigenvalue weighted by molar-refractivity contribution is 7.13. The van der Waals surface area contributed by atoms with Crippen LogP contribution < -0.4 is 5.43 Å². The molecule has 3 rings (SSSR count). The zero-order valence-electron chi connectivity index (χ0n) is 12.7. The van der Waals surface area contributed by atoms with Crippen molar-refractivity contribution in [3.05, 3.63) is 70.7 Å². The molecule has 2 N–H and O–H groups in total. The molecule has 0 atom stereocenters. The van der Waals surface area contributed by atoms with Gasteiger partial charge in [-0.25, -0.2) is 4.98 Å². The van der Waals surface area contributed by atoms with Gasteiger partial charge >= 0.3 is 0 Å². The van der Waals surface area contributed by atoms with E-state index in [1.165, 1.54) is 11.3 Å². The molecule has 0 saturated heterocycles. The van der Waals surface area contributed by atoms with Crippen molar-refractivity contribution in [2.75, 3.05) is 5.43 Å². The fourth-order valence-corrected chi connectivity index (χ4v) is 2.91. The van der Waals surface area contributed by atoms with Crippen LogP contribution >= 0.6 is 11.3 Å². The molecule has 0 aliphatic carbocycles. The first-order valence-electron chi connectivity index (χ1n) is 7.26. The molecule has 0 spiro atoms. The maximum absolute atomic E-state index is 9.31. The van der Waals surface area contributed by atoms with Gasteiger partial charge in [0.15, 0.2) is 0 Å². The van der Waals surface area contributed by atoms with Crippen LogP contribution in [-0.4, -0.2) is 16.3 Å². The molecule has 0 fully saturated rings. The van der Waals surface area contributed by atoms with Crippen molar-refractivity contribution < 1.29 is 5.11 Å². The van der Waals surface area contributed by atoms with Crippen LogP contribution in [0, 0.1) is 6.92 Å². The lowest BCUT2D eigenvalue weighted by Crippen LogP contribution is -1.93. The highest BCUT2D eigenvalue weighted by atomic mass is 32.1. The second-order valence-electron chi connectivity index (χ2n) is 5.11. The van der Waals surface area contributed by atoms with Gasteiger partial charge in [-0.05, 0) is 29.7 Å². The minimum atomic E-state index is 0.0368. The molecule has 3 aromatic rings. The normalized spacial score (nSPS) is 11.0. The van der Waals surface area contributed by atoms with Gasteiger partial charge in [0.2, 0.25) is 5.13 Å². The van der Waals surface area contributed by atoms with Crippen LogP contribution in [0.2, 0.25) is 0 Å². The third kappa shape index (κ3) is 3.83. The van der Waals surface area contributed by atoms with Gasteiger partial charge in [0.1, 0.15) is 0 Å². The van der Waals surface area contributed by atoms with Gasteiger partial charge in [-0.1, -0.05) is 42.5 Å². The third-order valence-electron chi connectivity index (χ3n) is 3.36. The van der Waals surface area contributed by atoms with Crippen LogP contribution in [0.15, 0.2) is 59.0 Å². The minimum Gasteiger partial charge on any atom is -0.392 e. The Hall–Kier alpha value is -2.50. The van der Waals surface area contributed by atoms with Crippen LogP contribution in [0.5, 0.6) is 0 Å². The highest BCUT2D eigenvalue weighted by Crippen LogP contribution is 2.24. The summed E-state index contributed by atoms with van der Waals surface area (Å²) in [5.74, 6) is 0. The number of nitrogens with zero attached hydrogens (tertiary/aromatic N) is 2. The number of anilines is 1. The summed E-state index contributed by atoms with van der Waals surface area (Å²) in [6.45, 7) is 1.99. The molecule has 23 heavy (non-hydrogen) atoms. The average molecular weight is 323 g/mol. The first-order chi connectivity index (χ1) is 11.3. The molecule has 2 aromatic carbocycles. The predicted octanol–water partition coefficient (Wildman–Crippen LogP) is 4.06. The van der Waals surface area contributed by atoms with E-state index in [0.29, 0.717) is 0 Å². The molecule has 1 aromatic heterocycles. The monoisotopic (exact) mass is 323 g/mol. The van der Waals surface area contributed by atoms with Gasteiger partial charge in [-0.15, -0.1) is 11.3 Å². The van der Waals surface area contributed by atoms with Crippen LogP contribution in [0.3, 0.4) is 0 Å². The summed E-state index contributed by atoms with van der Waals surface area (Å²) in [6, 6.07) is 15.9. The number of aryl methyl sites for hydroxylation is 1. The van der Waals surface area contributed by atoms with Crippen LogP contribution in [0.25, 0.3) is 11.1 Å². The average Bonchev–Trinajstić information content (AvgIpc) is 3.01. The van der Waals surface area contributed by atoms with E-state index in [-0.39, 0.29) is 6.61 Å². The predicted molar refractivity (Wildman–Crippen MR) is 95.9 cm³/mol. The van der Waals surface area contributed by atoms with Crippen LogP contribution in [0.1, 0.15) is 16.8 Å². The van der Waals surface area contributed by atoms with E-state index in [4.69, 9.17) is 0 Å². The maximum atomic E-state index is 9.31. The van der Waals surface area contributed by atoms with Gasteiger partial charge in [0, 0.05) is 10.9 Å². The molecule has 0 amide bonds. The van der Waals surface area contributed by atoms with E-state index in [0.717, 1.165) is 33.1 Å². The van der Waals surface area contributed by atoms with E-state index in [1.807, 2.05) is 60.8 Å². The Morgan fingerprint density at radius 3 is 2.87 bits per heavy atom. The first-order valence-corrected chi connectivity index (χ1v) is 8.14. The number of aliphatic hydroxyl groups is 1. The summed E-state index contributed by atoms with van der Waals surface area (Å²) in [7, 11) is 0. The first kappa shape index (κ1) is 15.4. The summed E-state index contributed by atoms with van der Waals surface area (Å²) >= 11 is 1.53. The Bertz CT molecular complexity index is 826. The fraction of sp³-hybridized carbons (Fsp3) is 0.111. The molecular weight excluding hydrogens is 306 g/mol. The molecule has 0 unspecified atom stereocenters. The van der Waals surface area contributed by atoms with Gasteiger partial charge < -0.3 is 5.11 Å². The lowest BCUT2D eigenvalue weighted by Gasteiger charge is -2.07.